The van der Waals surface area contributed by atoms with Crippen molar-refractivity contribution in [1.29, 1.82) is 0 Å². The Morgan fingerprint density at radius 3 is 2.59 bits per heavy atom. The molecular weight excluding hydrogens is 644 g/mol. The number of aromatic nitrogens is 3. The molecule has 0 bridgehead atoms. The third kappa shape index (κ3) is 5.63. The molecule has 2 atom stereocenters. The number of carbonyl (C=O) groups excluding carboxylic acids is 1. The maximum atomic E-state index is 14.1. The van der Waals surface area contributed by atoms with Crippen LogP contribution in [0.5, 0.6) is 0 Å². The van der Waals surface area contributed by atoms with Gasteiger partial charge in [0.05, 0.1) is 42.4 Å². The van der Waals surface area contributed by atoms with E-state index in [0.29, 0.717) is 60.9 Å². The van der Waals surface area contributed by atoms with E-state index in [9.17, 15) is 15.0 Å². The van der Waals surface area contributed by atoms with E-state index < -0.39 is 11.8 Å². The third-order valence-corrected chi connectivity index (χ3v) is 12.0. The van der Waals surface area contributed by atoms with Crippen molar-refractivity contribution in [3.8, 4) is 0 Å². The zero-order chi connectivity index (χ0) is 34.9. The van der Waals surface area contributed by atoms with Crippen molar-refractivity contribution in [3.05, 3.63) is 82.7 Å². The third-order valence-electron chi connectivity index (χ3n) is 12.0. The van der Waals surface area contributed by atoms with Gasteiger partial charge in [-0.3, -0.25) is 14.6 Å². The Morgan fingerprint density at radius 1 is 1.02 bits per heavy atom. The van der Waals surface area contributed by atoms with Crippen LogP contribution < -0.4 is 15.1 Å². The molecule has 1 saturated carbocycles. The van der Waals surface area contributed by atoms with Gasteiger partial charge in [0.2, 0.25) is 0 Å². The summed E-state index contributed by atoms with van der Waals surface area (Å²) in [7, 11) is 1.83. The molecule has 2 aliphatic carbocycles. The lowest BCUT2D eigenvalue weighted by Crippen LogP contribution is -2.59. The number of aryl methyl sites for hydroxylation is 1. The van der Waals surface area contributed by atoms with Gasteiger partial charge in [0, 0.05) is 75.0 Å². The number of ether oxygens (including phenoxy) is 1. The van der Waals surface area contributed by atoms with Crippen LogP contribution >= 0.6 is 0 Å². The number of hydrogen-bond acceptors (Lipinski definition) is 10. The second kappa shape index (κ2) is 12.8. The summed E-state index contributed by atoms with van der Waals surface area (Å²) in [6.07, 6.45) is 13.0. The van der Waals surface area contributed by atoms with Crippen LogP contribution in [0, 0.1) is 0 Å². The average molecular weight is 693 g/mol. The number of nitrogens with one attached hydrogen (secondary N) is 1. The molecule has 12 nitrogen and oxygen atoms in total. The van der Waals surface area contributed by atoms with Gasteiger partial charge in [-0.2, -0.15) is 0 Å². The minimum Gasteiger partial charge on any atom is -0.385 e. The molecule has 3 aromatic rings. The van der Waals surface area contributed by atoms with E-state index in [1.54, 1.807) is 16.0 Å². The van der Waals surface area contributed by atoms with E-state index in [4.69, 9.17) is 14.7 Å². The first-order chi connectivity index (χ1) is 24.8. The van der Waals surface area contributed by atoms with Crippen LogP contribution in [0.25, 0.3) is 5.57 Å². The van der Waals surface area contributed by atoms with Crippen LogP contribution in [0.1, 0.15) is 71.9 Å². The molecule has 4 aliphatic heterocycles. The number of likely N-dealkylation sites (N-methyl/N-ethyl adjacent to an activating group) is 1. The average Bonchev–Trinajstić information content (AvgIpc) is 3.49. The maximum absolute atomic E-state index is 14.1. The number of nitrogens with zero attached hydrogens (tertiary/aromatic N) is 7. The predicted octanol–water partition coefficient (Wildman–Crippen LogP) is 3.70. The molecule has 0 spiro atoms. The molecule has 0 aromatic carbocycles. The number of allylic oxidation sites excluding steroid dienone is 2. The van der Waals surface area contributed by atoms with Gasteiger partial charge in [-0.15, -0.1) is 0 Å². The highest BCUT2D eigenvalue weighted by Gasteiger charge is 2.44. The van der Waals surface area contributed by atoms with Crippen molar-refractivity contribution < 1.29 is 19.7 Å². The van der Waals surface area contributed by atoms with Gasteiger partial charge in [-0.1, -0.05) is 0 Å². The molecular formula is C39H48N8O4. The van der Waals surface area contributed by atoms with Crippen molar-refractivity contribution in [3.63, 3.8) is 0 Å². The fourth-order valence-corrected chi connectivity index (χ4v) is 8.91. The number of fused-ring (bicyclic) bond motifs is 3. The summed E-state index contributed by atoms with van der Waals surface area (Å²) in [5.74, 6) is 1.09. The molecule has 268 valence electrons. The summed E-state index contributed by atoms with van der Waals surface area (Å²) in [5, 5.41) is 26.7. The summed E-state index contributed by atoms with van der Waals surface area (Å²) in [6, 6.07) is 8.96. The summed E-state index contributed by atoms with van der Waals surface area (Å²) < 4.78 is 7.62. The monoisotopic (exact) mass is 692 g/mol. The van der Waals surface area contributed by atoms with Gasteiger partial charge in [-0.25, -0.2) is 9.97 Å². The SMILES string of the molecule is C[C@H]1CN(C2COC2)CCN1c1ccc(NC2=CC(c3ccnc(N4CCn5c(cc6c5CCCC6)C4=O)c3C3(O)CCC3)=CN(C)C2O)nc1. The van der Waals surface area contributed by atoms with Crippen LogP contribution in [0.3, 0.4) is 0 Å². The maximum Gasteiger partial charge on any atom is 0.276 e. The Kier molecular flexibility index (Phi) is 8.18. The fraction of sp³-hybridized carbons (Fsp3) is 0.513. The molecule has 51 heavy (non-hydrogen) atoms. The molecule has 9 rings (SSSR count). The standard InChI is InChI=1S/C39H48N8O4/c1-25-21-44(29-23-51-24-29)14-15-45(25)28-8-9-34(41-20-28)42-31-18-27(22-43(2)37(31)48)30-10-13-40-36(35(30)39(50)11-5-12-39)47-17-16-46-32-7-4-3-6-26(32)19-33(46)38(47)49/h8-10,13,18-20,22,25,29,37,48,50H,3-7,11-12,14-17,21,23-24H2,1-2H3,(H,41,42)/t25-,37?/m0/s1. The van der Waals surface area contributed by atoms with Gasteiger partial charge in [0.25, 0.3) is 5.91 Å². The Balaban J connectivity index is 0.993. The number of hydrogen-bond donors (Lipinski definition) is 3. The van der Waals surface area contributed by atoms with E-state index in [1.807, 2.05) is 37.7 Å². The molecule has 3 N–H and O–H groups in total. The quantitative estimate of drug-likeness (QED) is 0.338. The summed E-state index contributed by atoms with van der Waals surface area (Å²) >= 11 is 0. The highest BCUT2D eigenvalue weighted by atomic mass is 16.5. The normalized spacial score (nSPS) is 25.0. The second-order valence-corrected chi connectivity index (χ2v) is 15.2. The van der Waals surface area contributed by atoms with E-state index in [-0.39, 0.29) is 5.91 Å². The first-order valence-electron chi connectivity index (χ1n) is 18.7. The molecule has 6 aliphatic rings. The van der Waals surface area contributed by atoms with Crippen LogP contribution in [-0.2, 0) is 29.7 Å². The number of anilines is 3. The Bertz CT molecular complexity index is 1890. The fourth-order valence-electron chi connectivity index (χ4n) is 8.91. The molecule has 12 heteroatoms. The number of amides is 1. The predicted molar refractivity (Wildman–Crippen MR) is 195 cm³/mol. The molecule has 2 saturated heterocycles. The van der Waals surface area contributed by atoms with Crippen LogP contribution in [0.15, 0.2) is 54.6 Å². The number of aliphatic hydroxyl groups excluding tert-OH is 1. The van der Waals surface area contributed by atoms with Gasteiger partial charge in [0.15, 0.2) is 6.23 Å². The first-order valence-corrected chi connectivity index (χ1v) is 18.7. The second-order valence-electron chi connectivity index (χ2n) is 15.2. The molecule has 7 heterocycles. The molecule has 1 unspecified atom stereocenters. The lowest BCUT2D eigenvalue weighted by molar-refractivity contribution is -0.0691. The summed E-state index contributed by atoms with van der Waals surface area (Å²) in [5.41, 5.74) is 6.17. The lowest BCUT2D eigenvalue weighted by atomic mass is 9.72. The van der Waals surface area contributed by atoms with Gasteiger partial charge in [-0.05, 0) is 93.3 Å². The van der Waals surface area contributed by atoms with Crippen molar-refractivity contribution >= 4 is 28.8 Å². The largest absolute Gasteiger partial charge is 0.385 e. The van der Waals surface area contributed by atoms with Crippen LogP contribution in [0.4, 0.5) is 17.3 Å². The smallest absolute Gasteiger partial charge is 0.276 e. The Hall–Kier alpha value is -4.23. The van der Waals surface area contributed by atoms with E-state index >= 15 is 0 Å². The van der Waals surface area contributed by atoms with E-state index in [2.05, 4.69) is 38.7 Å². The topological polar surface area (TPSA) is 122 Å². The minimum atomic E-state index is -1.10. The highest BCUT2D eigenvalue weighted by molar-refractivity contribution is 6.06. The first kappa shape index (κ1) is 32.7. The van der Waals surface area contributed by atoms with Crippen LogP contribution in [0.2, 0.25) is 0 Å². The van der Waals surface area contributed by atoms with Crippen molar-refractivity contribution in [2.45, 2.75) is 82.3 Å². The number of aliphatic hydroxyl groups is 2. The summed E-state index contributed by atoms with van der Waals surface area (Å²) in [6.45, 7) is 8.09. The van der Waals surface area contributed by atoms with Crippen LogP contribution in [-0.4, -0.2) is 105 Å². The van der Waals surface area contributed by atoms with Gasteiger partial charge in [0.1, 0.15) is 17.3 Å². The van der Waals surface area contributed by atoms with E-state index in [1.165, 1.54) is 11.3 Å². The zero-order valence-electron chi connectivity index (χ0n) is 29.6. The van der Waals surface area contributed by atoms with Gasteiger partial charge >= 0.3 is 0 Å². The van der Waals surface area contributed by atoms with E-state index in [0.717, 1.165) is 87.5 Å². The van der Waals surface area contributed by atoms with Crippen molar-refractivity contribution in [2.24, 2.45) is 0 Å². The lowest BCUT2D eigenvalue weighted by Gasteiger charge is -2.46. The Morgan fingerprint density at radius 2 is 1.86 bits per heavy atom. The Labute approximate surface area is 299 Å². The highest BCUT2D eigenvalue weighted by Crippen LogP contribution is 2.48. The van der Waals surface area contributed by atoms with Crippen molar-refractivity contribution in [1.82, 2.24) is 24.3 Å². The number of carbonyl (C=O) groups is 1. The number of piperazine rings is 1. The number of pyridine rings is 2. The molecule has 3 fully saturated rings. The zero-order valence-corrected chi connectivity index (χ0v) is 29.6. The summed E-state index contributed by atoms with van der Waals surface area (Å²) in [4.78, 5) is 32.1. The number of rotatable bonds is 7. The molecule has 3 aromatic heterocycles. The molecule has 0 radical (unpaired) electrons. The minimum absolute atomic E-state index is 0.0636. The molecule has 1 amide bonds. The van der Waals surface area contributed by atoms with Gasteiger partial charge < -0.3 is 34.6 Å². The van der Waals surface area contributed by atoms with Crippen molar-refractivity contribution in [2.75, 3.05) is 61.6 Å².